The van der Waals surface area contributed by atoms with Gasteiger partial charge in [0.15, 0.2) is 0 Å². The first-order valence-corrected chi connectivity index (χ1v) is 6.71. The number of anilines is 1. The zero-order valence-corrected chi connectivity index (χ0v) is 10.6. The first-order chi connectivity index (χ1) is 7.24. The Hall–Kier alpha value is -0.630. The molecule has 0 amide bonds. The SMILES string of the molecule is CCCCCCSc1cc(N)ccc1C. The van der Waals surface area contributed by atoms with Gasteiger partial charge >= 0.3 is 0 Å². The summed E-state index contributed by atoms with van der Waals surface area (Å²) in [6, 6.07) is 6.15. The highest BCUT2D eigenvalue weighted by Crippen LogP contribution is 2.25. The van der Waals surface area contributed by atoms with E-state index in [0.717, 1.165) is 5.69 Å². The largest absolute Gasteiger partial charge is 0.399 e. The van der Waals surface area contributed by atoms with Crippen LogP contribution < -0.4 is 5.73 Å². The third-order valence-corrected chi connectivity index (χ3v) is 3.71. The molecule has 1 aromatic carbocycles. The quantitative estimate of drug-likeness (QED) is 0.443. The molecule has 0 saturated heterocycles. The maximum atomic E-state index is 5.77. The summed E-state index contributed by atoms with van der Waals surface area (Å²) in [5, 5.41) is 0. The molecule has 0 radical (unpaired) electrons. The van der Waals surface area contributed by atoms with Gasteiger partial charge in [-0.2, -0.15) is 0 Å². The molecule has 0 fully saturated rings. The molecule has 0 spiro atoms. The normalized spacial score (nSPS) is 10.5. The van der Waals surface area contributed by atoms with Crippen molar-refractivity contribution in [2.45, 2.75) is 44.4 Å². The molecular weight excluding hydrogens is 202 g/mol. The molecule has 0 aliphatic heterocycles. The molecule has 0 saturated carbocycles. The maximum absolute atomic E-state index is 5.77. The van der Waals surface area contributed by atoms with Gasteiger partial charge in [-0.15, -0.1) is 11.8 Å². The number of benzene rings is 1. The second-order valence-corrected chi connectivity index (χ2v) is 5.07. The minimum atomic E-state index is 0.872. The second kappa shape index (κ2) is 6.78. The Morgan fingerprint density at radius 1 is 1.20 bits per heavy atom. The minimum absolute atomic E-state index is 0.872. The zero-order valence-electron chi connectivity index (χ0n) is 9.75. The number of nitrogen functional groups attached to an aromatic ring is 1. The molecule has 2 heteroatoms. The van der Waals surface area contributed by atoms with Crippen molar-refractivity contribution >= 4 is 17.4 Å². The van der Waals surface area contributed by atoms with Crippen LogP contribution in [0, 0.1) is 6.92 Å². The summed E-state index contributed by atoms with van der Waals surface area (Å²) in [6.07, 6.45) is 5.33. The van der Waals surface area contributed by atoms with Crippen molar-refractivity contribution in [2.75, 3.05) is 11.5 Å². The van der Waals surface area contributed by atoms with Gasteiger partial charge in [-0.05, 0) is 36.8 Å². The molecule has 2 N–H and O–H groups in total. The number of hydrogen-bond acceptors (Lipinski definition) is 2. The van der Waals surface area contributed by atoms with E-state index in [1.165, 1.54) is 41.9 Å². The molecule has 0 atom stereocenters. The molecule has 0 aliphatic rings. The minimum Gasteiger partial charge on any atom is -0.399 e. The fourth-order valence-corrected chi connectivity index (χ4v) is 2.57. The Morgan fingerprint density at radius 2 is 2.00 bits per heavy atom. The van der Waals surface area contributed by atoms with Crippen LogP contribution in [0.4, 0.5) is 5.69 Å². The average molecular weight is 223 g/mol. The van der Waals surface area contributed by atoms with Crippen molar-refractivity contribution in [3.05, 3.63) is 23.8 Å². The van der Waals surface area contributed by atoms with Gasteiger partial charge < -0.3 is 5.73 Å². The monoisotopic (exact) mass is 223 g/mol. The van der Waals surface area contributed by atoms with Gasteiger partial charge in [0.2, 0.25) is 0 Å². The summed E-state index contributed by atoms with van der Waals surface area (Å²) in [5.74, 6) is 1.21. The Balaban J connectivity index is 2.33. The molecule has 1 rings (SSSR count). The third kappa shape index (κ3) is 4.61. The van der Waals surface area contributed by atoms with Gasteiger partial charge in [0.1, 0.15) is 0 Å². The maximum Gasteiger partial charge on any atom is 0.0325 e. The van der Waals surface area contributed by atoms with Gasteiger partial charge in [0.05, 0.1) is 0 Å². The van der Waals surface area contributed by atoms with E-state index in [4.69, 9.17) is 5.73 Å². The van der Waals surface area contributed by atoms with Crippen LogP contribution in [0.1, 0.15) is 38.2 Å². The van der Waals surface area contributed by atoms with Crippen LogP contribution in [0.15, 0.2) is 23.1 Å². The summed E-state index contributed by atoms with van der Waals surface area (Å²) in [7, 11) is 0. The van der Waals surface area contributed by atoms with Crippen LogP contribution in [0.25, 0.3) is 0 Å². The number of hydrogen-bond donors (Lipinski definition) is 1. The van der Waals surface area contributed by atoms with Crippen molar-refractivity contribution in [3.8, 4) is 0 Å². The average Bonchev–Trinajstić information content (AvgIpc) is 2.23. The Morgan fingerprint density at radius 3 is 2.73 bits per heavy atom. The predicted molar refractivity (Wildman–Crippen MR) is 70.5 cm³/mol. The van der Waals surface area contributed by atoms with E-state index in [0.29, 0.717) is 0 Å². The highest BCUT2D eigenvalue weighted by Gasteiger charge is 1.99. The highest BCUT2D eigenvalue weighted by atomic mass is 32.2. The standard InChI is InChI=1S/C13H21NS/c1-3-4-5-6-9-15-13-10-12(14)8-7-11(13)2/h7-8,10H,3-6,9,14H2,1-2H3. The fraction of sp³-hybridized carbons (Fsp3) is 0.538. The molecule has 84 valence electrons. The fourth-order valence-electron chi connectivity index (χ4n) is 1.48. The van der Waals surface area contributed by atoms with Crippen molar-refractivity contribution < 1.29 is 0 Å². The molecular formula is C13H21NS. The van der Waals surface area contributed by atoms with Gasteiger partial charge in [-0.1, -0.05) is 32.3 Å². The van der Waals surface area contributed by atoms with Crippen LogP contribution in [-0.4, -0.2) is 5.75 Å². The molecule has 0 bridgehead atoms. The molecule has 1 nitrogen and oxygen atoms in total. The third-order valence-electron chi connectivity index (χ3n) is 2.47. The van der Waals surface area contributed by atoms with Crippen LogP contribution in [0.2, 0.25) is 0 Å². The van der Waals surface area contributed by atoms with Crippen LogP contribution in [0.3, 0.4) is 0 Å². The van der Waals surface area contributed by atoms with E-state index in [-0.39, 0.29) is 0 Å². The van der Waals surface area contributed by atoms with Crippen LogP contribution in [0.5, 0.6) is 0 Å². The van der Waals surface area contributed by atoms with Crippen molar-refractivity contribution in [2.24, 2.45) is 0 Å². The summed E-state index contributed by atoms with van der Waals surface area (Å²) < 4.78 is 0. The van der Waals surface area contributed by atoms with E-state index in [1.807, 2.05) is 17.8 Å². The van der Waals surface area contributed by atoms with Gasteiger partial charge in [0, 0.05) is 10.6 Å². The molecule has 0 heterocycles. The van der Waals surface area contributed by atoms with Gasteiger partial charge in [0.25, 0.3) is 0 Å². The Bertz CT molecular complexity index is 297. The number of nitrogens with two attached hydrogens (primary N) is 1. The lowest BCUT2D eigenvalue weighted by Gasteiger charge is -2.06. The van der Waals surface area contributed by atoms with E-state index < -0.39 is 0 Å². The molecule has 0 aliphatic carbocycles. The number of aryl methyl sites for hydroxylation is 1. The molecule has 0 aromatic heterocycles. The predicted octanol–water partition coefficient (Wildman–Crippen LogP) is 4.25. The first kappa shape index (κ1) is 12.4. The lowest BCUT2D eigenvalue weighted by Crippen LogP contribution is -1.88. The van der Waals surface area contributed by atoms with Crippen LogP contribution >= 0.6 is 11.8 Å². The summed E-state index contributed by atoms with van der Waals surface area (Å²) in [6.45, 7) is 4.39. The van der Waals surface area contributed by atoms with Crippen LogP contribution in [-0.2, 0) is 0 Å². The van der Waals surface area contributed by atoms with Crippen molar-refractivity contribution in [3.63, 3.8) is 0 Å². The Kier molecular flexibility index (Phi) is 5.62. The summed E-state index contributed by atoms with van der Waals surface area (Å²) >= 11 is 1.93. The van der Waals surface area contributed by atoms with Gasteiger partial charge in [-0.3, -0.25) is 0 Å². The first-order valence-electron chi connectivity index (χ1n) is 5.73. The smallest absolute Gasteiger partial charge is 0.0325 e. The van der Waals surface area contributed by atoms with E-state index in [9.17, 15) is 0 Å². The highest BCUT2D eigenvalue weighted by molar-refractivity contribution is 7.99. The number of rotatable bonds is 6. The van der Waals surface area contributed by atoms with Crippen molar-refractivity contribution in [1.29, 1.82) is 0 Å². The lowest BCUT2D eigenvalue weighted by atomic mass is 10.2. The van der Waals surface area contributed by atoms with Gasteiger partial charge in [-0.25, -0.2) is 0 Å². The molecule has 0 unspecified atom stereocenters. The lowest BCUT2D eigenvalue weighted by molar-refractivity contribution is 0.706. The molecule has 15 heavy (non-hydrogen) atoms. The van der Waals surface area contributed by atoms with E-state index in [1.54, 1.807) is 0 Å². The molecule has 1 aromatic rings. The number of thioether (sulfide) groups is 1. The van der Waals surface area contributed by atoms with E-state index in [2.05, 4.69) is 26.0 Å². The van der Waals surface area contributed by atoms with Crippen molar-refractivity contribution in [1.82, 2.24) is 0 Å². The second-order valence-electron chi connectivity index (χ2n) is 3.93. The zero-order chi connectivity index (χ0) is 11.1. The number of unbranched alkanes of at least 4 members (excludes halogenated alkanes) is 3. The summed E-state index contributed by atoms with van der Waals surface area (Å²) in [4.78, 5) is 1.34. The summed E-state index contributed by atoms with van der Waals surface area (Å²) in [5.41, 5.74) is 7.98. The topological polar surface area (TPSA) is 26.0 Å². The van der Waals surface area contributed by atoms with E-state index >= 15 is 0 Å². The Labute approximate surface area is 97.4 Å².